The molecule has 1 aliphatic heterocycles. The van der Waals surface area contributed by atoms with Gasteiger partial charge in [-0.15, -0.1) is 0 Å². The minimum absolute atomic E-state index is 0.0361. The van der Waals surface area contributed by atoms with Crippen LogP contribution in [0.15, 0.2) is 50.5 Å². The number of nitrogens with one attached hydrogen (secondary N) is 1. The van der Waals surface area contributed by atoms with Crippen molar-refractivity contribution in [1.29, 1.82) is 0 Å². The second-order valence-electron chi connectivity index (χ2n) is 7.48. The van der Waals surface area contributed by atoms with Crippen LogP contribution in [0.1, 0.15) is 19.3 Å². The summed E-state index contributed by atoms with van der Waals surface area (Å²) in [6.45, 7) is 0.875. The Morgan fingerprint density at radius 2 is 1.91 bits per heavy atom. The summed E-state index contributed by atoms with van der Waals surface area (Å²) in [6, 6.07) is 8.07. The third-order valence-electron chi connectivity index (χ3n) is 5.33. The fourth-order valence-electron chi connectivity index (χ4n) is 3.66. The number of anilines is 1. The zero-order valence-electron chi connectivity index (χ0n) is 17.2. The highest BCUT2D eigenvalue weighted by Crippen LogP contribution is 2.28. The number of nitrogens with zero attached hydrogens (tertiary/aromatic N) is 3. The van der Waals surface area contributed by atoms with Gasteiger partial charge in [0.05, 0.1) is 15.3 Å². The number of hydrogen-bond donors (Lipinski definition) is 1. The first kappa shape index (κ1) is 23.0. The predicted molar refractivity (Wildman–Crippen MR) is 120 cm³/mol. The lowest BCUT2D eigenvalue weighted by molar-refractivity contribution is -0.384. The zero-order chi connectivity index (χ0) is 23.8. The first-order chi connectivity index (χ1) is 15.7. The number of carbonyl (C=O) groups is 1. The van der Waals surface area contributed by atoms with E-state index in [1.54, 1.807) is 0 Å². The smallest absolute Gasteiger partial charge is 0.408 e. The van der Waals surface area contributed by atoms with Crippen LogP contribution in [-0.2, 0) is 21.4 Å². The van der Waals surface area contributed by atoms with Crippen molar-refractivity contribution in [3.8, 4) is 0 Å². The van der Waals surface area contributed by atoms with Crippen LogP contribution < -0.4 is 11.1 Å². The maximum absolute atomic E-state index is 12.7. The third kappa shape index (κ3) is 4.63. The predicted octanol–water partition coefficient (Wildman–Crippen LogP) is 2.97. The second kappa shape index (κ2) is 8.96. The van der Waals surface area contributed by atoms with E-state index in [9.17, 15) is 28.1 Å². The lowest BCUT2D eigenvalue weighted by Gasteiger charge is -2.15. The van der Waals surface area contributed by atoms with E-state index in [4.69, 9.17) is 16.0 Å². The average Bonchev–Trinajstić information content (AvgIpc) is 3.41. The number of aromatic nitrogens is 1. The summed E-state index contributed by atoms with van der Waals surface area (Å²) in [5.74, 6) is -1.21. The van der Waals surface area contributed by atoms with Gasteiger partial charge in [0.25, 0.3) is 5.69 Å². The molecule has 174 valence electrons. The zero-order valence-corrected chi connectivity index (χ0v) is 18.8. The molecular formula is C20H19ClN4O7S. The highest BCUT2D eigenvalue weighted by atomic mass is 35.5. The molecule has 1 saturated heterocycles. The number of benzene rings is 2. The SMILES string of the molecule is O=C(CCn1c(=O)oc2cc(S(=O)(=O)N3CCCC3)ccc21)Nc1ccc(Cl)c([N+](=O)[O-])c1. The number of rotatable bonds is 7. The van der Waals surface area contributed by atoms with Gasteiger partial charge in [-0.25, -0.2) is 13.2 Å². The van der Waals surface area contributed by atoms with E-state index in [0.717, 1.165) is 18.9 Å². The summed E-state index contributed by atoms with van der Waals surface area (Å²) in [7, 11) is -3.67. The summed E-state index contributed by atoms with van der Waals surface area (Å²) < 4.78 is 33.3. The minimum Gasteiger partial charge on any atom is -0.408 e. The first-order valence-corrected chi connectivity index (χ1v) is 11.9. The van der Waals surface area contributed by atoms with Crippen molar-refractivity contribution in [1.82, 2.24) is 8.87 Å². The third-order valence-corrected chi connectivity index (χ3v) is 7.55. The van der Waals surface area contributed by atoms with Gasteiger partial charge in [0.1, 0.15) is 5.02 Å². The molecule has 1 fully saturated rings. The monoisotopic (exact) mass is 494 g/mol. The maximum Gasteiger partial charge on any atom is 0.419 e. The molecule has 2 heterocycles. The molecule has 0 radical (unpaired) electrons. The number of carbonyl (C=O) groups excluding carboxylic acids is 1. The van der Waals surface area contributed by atoms with Gasteiger partial charge in [-0.3, -0.25) is 19.5 Å². The Kier molecular flexibility index (Phi) is 6.23. The Hall–Kier alpha value is -3.22. The molecular weight excluding hydrogens is 476 g/mol. The van der Waals surface area contributed by atoms with E-state index < -0.39 is 26.6 Å². The molecule has 4 rings (SSSR count). The van der Waals surface area contributed by atoms with Gasteiger partial charge in [-0.05, 0) is 37.1 Å². The van der Waals surface area contributed by atoms with Crippen LogP contribution >= 0.6 is 11.6 Å². The van der Waals surface area contributed by atoms with E-state index in [1.165, 1.54) is 39.2 Å². The number of fused-ring (bicyclic) bond motifs is 1. The molecule has 1 aromatic heterocycles. The van der Waals surface area contributed by atoms with Gasteiger partial charge in [0, 0.05) is 43.9 Å². The molecule has 33 heavy (non-hydrogen) atoms. The van der Waals surface area contributed by atoms with Crippen molar-refractivity contribution in [2.45, 2.75) is 30.7 Å². The largest absolute Gasteiger partial charge is 0.419 e. The number of hydrogen-bond acceptors (Lipinski definition) is 7. The molecule has 1 N–H and O–H groups in total. The van der Waals surface area contributed by atoms with Crippen LogP contribution in [0.3, 0.4) is 0 Å². The number of nitro groups is 1. The molecule has 13 heteroatoms. The Morgan fingerprint density at radius 1 is 1.18 bits per heavy atom. The fourth-order valence-corrected chi connectivity index (χ4v) is 5.38. The summed E-state index contributed by atoms with van der Waals surface area (Å²) >= 11 is 5.76. The van der Waals surface area contributed by atoms with Crippen LogP contribution in [0, 0.1) is 10.1 Å². The van der Waals surface area contributed by atoms with Gasteiger partial charge in [0.2, 0.25) is 15.9 Å². The van der Waals surface area contributed by atoms with Crippen LogP contribution in [0.5, 0.6) is 0 Å². The Bertz CT molecular complexity index is 1410. The van der Waals surface area contributed by atoms with Crippen LogP contribution in [-0.4, -0.2) is 41.2 Å². The topological polar surface area (TPSA) is 145 Å². The second-order valence-corrected chi connectivity index (χ2v) is 9.83. The molecule has 0 atom stereocenters. The van der Waals surface area contributed by atoms with Crippen molar-refractivity contribution < 1.29 is 22.6 Å². The number of halogens is 1. The number of nitro benzene ring substituents is 1. The highest BCUT2D eigenvalue weighted by Gasteiger charge is 2.28. The molecule has 0 spiro atoms. The minimum atomic E-state index is -3.67. The van der Waals surface area contributed by atoms with Crippen molar-refractivity contribution in [2.75, 3.05) is 18.4 Å². The van der Waals surface area contributed by atoms with Crippen LogP contribution in [0.2, 0.25) is 5.02 Å². The number of sulfonamides is 1. The van der Waals surface area contributed by atoms with Crippen molar-refractivity contribution in [3.63, 3.8) is 0 Å². The van der Waals surface area contributed by atoms with E-state index in [2.05, 4.69) is 5.32 Å². The highest BCUT2D eigenvalue weighted by molar-refractivity contribution is 7.89. The normalized spacial score (nSPS) is 14.6. The van der Waals surface area contributed by atoms with Crippen LogP contribution in [0.4, 0.5) is 11.4 Å². The molecule has 1 amide bonds. The van der Waals surface area contributed by atoms with Crippen molar-refractivity contribution in [3.05, 3.63) is 62.1 Å². The molecule has 0 saturated carbocycles. The van der Waals surface area contributed by atoms with E-state index in [1.807, 2.05) is 0 Å². The number of amides is 1. The molecule has 0 bridgehead atoms. The maximum atomic E-state index is 12.7. The Balaban J connectivity index is 1.49. The summed E-state index contributed by atoms with van der Waals surface area (Å²) in [5, 5.41) is 13.4. The van der Waals surface area contributed by atoms with Gasteiger partial charge < -0.3 is 9.73 Å². The molecule has 0 unspecified atom stereocenters. The quantitative estimate of drug-likeness (QED) is 0.392. The standard InChI is InChI=1S/C20H19ClN4O7S/c21-15-5-3-13(11-17(15)25(28)29)22-19(26)7-10-24-16-6-4-14(12-18(16)32-20(24)27)33(30,31)23-8-1-2-9-23/h3-6,11-12H,1-2,7-10H2,(H,22,26). The van der Waals surface area contributed by atoms with E-state index >= 15 is 0 Å². The average molecular weight is 495 g/mol. The van der Waals surface area contributed by atoms with Gasteiger partial charge in [-0.1, -0.05) is 11.6 Å². The van der Waals surface area contributed by atoms with Gasteiger partial charge >= 0.3 is 5.76 Å². The Morgan fingerprint density at radius 3 is 2.61 bits per heavy atom. The number of oxazole rings is 1. The van der Waals surface area contributed by atoms with E-state index in [0.29, 0.717) is 18.6 Å². The summed E-state index contributed by atoms with van der Waals surface area (Å²) in [4.78, 5) is 35.0. The van der Waals surface area contributed by atoms with Crippen molar-refractivity contribution in [2.24, 2.45) is 0 Å². The molecule has 11 nitrogen and oxygen atoms in total. The van der Waals surface area contributed by atoms with Gasteiger partial charge in [0.15, 0.2) is 5.58 Å². The molecule has 0 aliphatic carbocycles. The Labute approximate surface area is 192 Å². The van der Waals surface area contributed by atoms with Gasteiger partial charge in [-0.2, -0.15) is 4.31 Å². The van der Waals surface area contributed by atoms with Crippen LogP contribution in [0.25, 0.3) is 11.1 Å². The summed E-state index contributed by atoms with van der Waals surface area (Å²) in [6.07, 6.45) is 1.48. The molecule has 2 aromatic carbocycles. The lowest BCUT2D eigenvalue weighted by Crippen LogP contribution is -2.27. The molecule has 1 aliphatic rings. The lowest BCUT2D eigenvalue weighted by atomic mass is 10.2. The van der Waals surface area contributed by atoms with E-state index in [-0.39, 0.29) is 39.8 Å². The van der Waals surface area contributed by atoms with Crippen molar-refractivity contribution >= 4 is 50.0 Å². The fraction of sp³-hybridized carbons (Fsp3) is 0.300. The molecule has 3 aromatic rings. The number of aryl methyl sites for hydroxylation is 1. The summed E-state index contributed by atoms with van der Waals surface area (Å²) in [5.41, 5.74) is 0.313. The first-order valence-electron chi connectivity index (χ1n) is 10.0.